The molecule has 1 N–H and O–H groups in total. The Morgan fingerprint density at radius 3 is 2.90 bits per heavy atom. The van der Waals surface area contributed by atoms with E-state index in [4.69, 9.17) is 4.98 Å². The van der Waals surface area contributed by atoms with Gasteiger partial charge in [-0.2, -0.15) is 0 Å². The lowest BCUT2D eigenvalue weighted by Gasteiger charge is -2.15. The molecule has 0 amide bonds. The number of likely N-dealkylation sites (N-methyl/N-ethyl adjacent to an activating group) is 1. The molecule has 2 aromatic heterocycles. The number of fused-ring (bicyclic) bond motifs is 1. The molecule has 0 saturated carbocycles. The Morgan fingerprint density at radius 1 is 1.35 bits per heavy atom. The minimum Gasteiger partial charge on any atom is -0.310 e. The van der Waals surface area contributed by atoms with Crippen LogP contribution in [0.25, 0.3) is 10.2 Å². The zero-order valence-electron chi connectivity index (χ0n) is 11.1. The number of para-hydroxylation sites is 1. The summed E-state index contributed by atoms with van der Waals surface area (Å²) in [4.78, 5) is 4.75. The van der Waals surface area contributed by atoms with E-state index >= 15 is 0 Å². The van der Waals surface area contributed by atoms with Crippen molar-refractivity contribution in [3.8, 4) is 0 Å². The van der Waals surface area contributed by atoms with Crippen LogP contribution < -0.4 is 5.32 Å². The quantitative estimate of drug-likeness (QED) is 0.604. The van der Waals surface area contributed by atoms with Gasteiger partial charge in [0, 0.05) is 12.5 Å². The van der Waals surface area contributed by atoms with Crippen LogP contribution >= 0.6 is 45.3 Å². The minimum absolute atomic E-state index is 0.361. The van der Waals surface area contributed by atoms with Gasteiger partial charge in [-0.1, -0.05) is 19.1 Å². The molecule has 0 fully saturated rings. The number of hydrogen-bond acceptors (Lipinski definition) is 4. The number of rotatable bonds is 5. The second-order valence-corrected chi connectivity index (χ2v) is 8.49. The Balaban J connectivity index is 1.85. The van der Waals surface area contributed by atoms with Gasteiger partial charge in [0.25, 0.3) is 0 Å². The molecule has 1 unspecified atom stereocenters. The first kappa shape index (κ1) is 14.4. The number of thiophene rings is 1. The number of nitrogens with one attached hydrogen (secondary N) is 1. The van der Waals surface area contributed by atoms with Crippen molar-refractivity contribution in [3.05, 3.63) is 49.2 Å². The third kappa shape index (κ3) is 3.21. The molecule has 1 aromatic carbocycles. The van der Waals surface area contributed by atoms with Crippen LogP contribution in [0.5, 0.6) is 0 Å². The molecule has 2 heterocycles. The lowest BCUT2D eigenvalue weighted by Crippen LogP contribution is -2.22. The molecule has 0 radical (unpaired) electrons. The van der Waals surface area contributed by atoms with Crippen molar-refractivity contribution in [2.24, 2.45) is 0 Å². The minimum atomic E-state index is 0.361. The number of halogens is 1. The highest BCUT2D eigenvalue weighted by Crippen LogP contribution is 2.28. The molecule has 2 nitrogen and oxygen atoms in total. The van der Waals surface area contributed by atoms with Gasteiger partial charge in [0.15, 0.2) is 0 Å². The van der Waals surface area contributed by atoms with E-state index in [9.17, 15) is 0 Å². The van der Waals surface area contributed by atoms with Gasteiger partial charge >= 0.3 is 0 Å². The van der Waals surface area contributed by atoms with Crippen molar-refractivity contribution in [2.75, 3.05) is 6.54 Å². The van der Waals surface area contributed by atoms with Crippen LogP contribution in [0.15, 0.2) is 35.7 Å². The van der Waals surface area contributed by atoms with Crippen molar-refractivity contribution in [3.63, 3.8) is 0 Å². The first-order valence-electron chi connectivity index (χ1n) is 6.58. The zero-order chi connectivity index (χ0) is 13.9. The standard InChI is InChI=1S/C15H15IN2S2/c1-2-17-12(10-7-14(16)19-9-10)8-15-18-11-5-3-4-6-13(11)20-15/h3-7,9,12,17H,2,8H2,1H3. The fourth-order valence-corrected chi connectivity index (χ4v) is 4.68. The van der Waals surface area contributed by atoms with E-state index in [2.05, 4.69) is 70.5 Å². The fraction of sp³-hybridized carbons (Fsp3) is 0.267. The van der Waals surface area contributed by atoms with Crippen LogP contribution in [0.1, 0.15) is 23.5 Å². The summed E-state index contributed by atoms with van der Waals surface area (Å²) in [6, 6.07) is 11.0. The summed E-state index contributed by atoms with van der Waals surface area (Å²) in [6.07, 6.45) is 0.958. The monoisotopic (exact) mass is 414 g/mol. The topological polar surface area (TPSA) is 24.9 Å². The van der Waals surface area contributed by atoms with E-state index in [1.165, 1.54) is 18.2 Å². The summed E-state index contributed by atoms with van der Waals surface area (Å²) in [5.41, 5.74) is 2.49. The Bertz CT molecular complexity index is 672. The molecular formula is C15H15IN2S2. The van der Waals surface area contributed by atoms with Gasteiger partial charge in [-0.3, -0.25) is 0 Å². The number of nitrogens with zero attached hydrogens (tertiary/aromatic N) is 1. The van der Waals surface area contributed by atoms with E-state index < -0.39 is 0 Å². The van der Waals surface area contributed by atoms with Crippen LogP contribution in [-0.4, -0.2) is 11.5 Å². The lowest BCUT2D eigenvalue weighted by molar-refractivity contribution is 0.550. The van der Waals surface area contributed by atoms with Crippen LogP contribution in [0.2, 0.25) is 0 Å². The maximum absolute atomic E-state index is 4.75. The average molecular weight is 414 g/mol. The third-order valence-electron chi connectivity index (χ3n) is 3.16. The molecule has 5 heteroatoms. The molecule has 20 heavy (non-hydrogen) atoms. The predicted molar refractivity (Wildman–Crippen MR) is 96.8 cm³/mol. The van der Waals surface area contributed by atoms with E-state index in [0.29, 0.717) is 6.04 Å². The smallest absolute Gasteiger partial charge is 0.0957 e. The summed E-state index contributed by atoms with van der Waals surface area (Å²) in [7, 11) is 0. The van der Waals surface area contributed by atoms with E-state index in [1.54, 1.807) is 22.7 Å². The highest BCUT2D eigenvalue weighted by atomic mass is 127. The summed E-state index contributed by atoms with van der Waals surface area (Å²) < 4.78 is 2.61. The molecule has 0 bridgehead atoms. The number of hydrogen-bond donors (Lipinski definition) is 1. The summed E-state index contributed by atoms with van der Waals surface area (Å²) in [6.45, 7) is 3.13. The largest absolute Gasteiger partial charge is 0.310 e. The highest BCUT2D eigenvalue weighted by molar-refractivity contribution is 14.1. The molecule has 3 aromatic rings. The second-order valence-electron chi connectivity index (χ2n) is 4.57. The third-order valence-corrected chi connectivity index (χ3v) is 6.02. The molecule has 0 aliphatic heterocycles. The Labute approximate surface area is 140 Å². The molecule has 3 rings (SSSR count). The average Bonchev–Trinajstić information content (AvgIpc) is 3.03. The maximum Gasteiger partial charge on any atom is 0.0957 e. The second kappa shape index (κ2) is 6.51. The Hall–Kier alpha value is -0.500. The Kier molecular flexibility index (Phi) is 4.70. The van der Waals surface area contributed by atoms with Gasteiger partial charge in [-0.05, 0) is 58.3 Å². The zero-order valence-corrected chi connectivity index (χ0v) is 14.9. The molecule has 0 aliphatic carbocycles. The van der Waals surface area contributed by atoms with E-state index in [0.717, 1.165) is 18.5 Å². The van der Waals surface area contributed by atoms with Crippen LogP contribution in [0, 0.1) is 2.88 Å². The molecule has 0 aliphatic rings. The maximum atomic E-state index is 4.75. The van der Waals surface area contributed by atoms with Gasteiger partial charge < -0.3 is 5.32 Å². The fourth-order valence-electron chi connectivity index (χ4n) is 2.24. The van der Waals surface area contributed by atoms with Gasteiger partial charge in [0.1, 0.15) is 0 Å². The SMILES string of the molecule is CCNC(Cc1nc2ccccc2s1)c1csc(I)c1. The van der Waals surface area contributed by atoms with Crippen molar-refractivity contribution in [1.82, 2.24) is 10.3 Å². The van der Waals surface area contributed by atoms with Crippen LogP contribution in [0.4, 0.5) is 0 Å². The summed E-state index contributed by atoms with van der Waals surface area (Å²) in [5.74, 6) is 0. The highest BCUT2D eigenvalue weighted by Gasteiger charge is 2.15. The van der Waals surface area contributed by atoms with Gasteiger partial charge in [0.2, 0.25) is 0 Å². The van der Waals surface area contributed by atoms with Gasteiger partial charge in [-0.15, -0.1) is 22.7 Å². The van der Waals surface area contributed by atoms with Crippen molar-refractivity contribution >= 4 is 55.5 Å². The van der Waals surface area contributed by atoms with Crippen molar-refractivity contribution in [2.45, 2.75) is 19.4 Å². The summed E-state index contributed by atoms with van der Waals surface area (Å²) in [5, 5.41) is 7.03. The van der Waals surface area contributed by atoms with Gasteiger partial charge in [-0.25, -0.2) is 4.98 Å². The molecule has 0 saturated heterocycles. The van der Waals surface area contributed by atoms with Crippen molar-refractivity contribution < 1.29 is 0 Å². The normalized spacial score (nSPS) is 12.9. The molecular weight excluding hydrogens is 399 g/mol. The number of thiazole rings is 1. The summed E-state index contributed by atoms with van der Waals surface area (Å²) >= 11 is 5.99. The first-order valence-corrected chi connectivity index (χ1v) is 9.35. The van der Waals surface area contributed by atoms with E-state index in [1.807, 2.05) is 0 Å². The number of aromatic nitrogens is 1. The van der Waals surface area contributed by atoms with Crippen LogP contribution in [0.3, 0.4) is 0 Å². The molecule has 1 atom stereocenters. The van der Waals surface area contributed by atoms with Crippen molar-refractivity contribution in [1.29, 1.82) is 0 Å². The predicted octanol–water partition coefficient (Wildman–Crippen LogP) is 4.86. The molecule has 0 spiro atoms. The van der Waals surface area contributed by atoms with Crippen LogP contribution in [-0.2, 0) is 6.42 Å². The molecule has 104 valence electrons. The van der Waals surface area contributed by atoms with E-state index in [-0.39, 0.29) is 0 Å². The lowest BCUT2D eigenvalue weighted by atomic mass is 10.1. The van der Waals surface area contributed by atoms with Gasteiger partial charge in [0.05, 0.1) is 18.1 Å². The first-order chi connectivity index (χ1) is 9.76. The number of benzene rings is 1. The Morgan fingerprint density at radius 2 is 2.20 bits per heavy atom.